The third-order valence-electron chi connectivity index (χ3n) is 6.75. The number of nitro groups is 1. The predicted molar refractivity (Wildman–Crippen MR) is 120 cm³/mol. The first kappa shape index (κ1) is 24.9. The van der Waals surface area contributed by atoms with E-state index in [1.54, 1.807) is 67.6 Å². The lowest BCUT2D eigenvalue weighted by atomic mass is 9.47. The molecule has 1 aliphatic rings. The summed E-state index contributed by atoms with van der Waals surface area (Å²) in [6.07, 6.45) is 0. The summed E-state index contributed by atoms with van der Waals surface area (Å²) in [5.41, 5.74) is -4.18. The van der Waals surface area contributed by atoms with Gasteiger partial charge in [-0.1, -0.05) is 60.7 Å². The number of methoxy groups -OCH3 is 1. The highest BCUT2D eigenvalue weighted by atomic mass is 16.6. The van der Waals surface area contributed by atoms with Crippen molar-refractivity contribution in [3.63, 3.8) is 0 Å². The monoisotopic (exact) mass is 466 g/mol. The Labute approximate surface area is 197 Å². The summed E-state index contributed by atoms with van der Waals surface area (Å²) in [7, 11) is 1.03. The highest BCUT2D eigenvalue weighted by Gasteiger charge is 2.75. The molecule has 178 valence electrons. The van der Waals surface area contributed by atoms with Crippen LogP contribution in [0.25, 0.3) is 0 Å². The summed E-state index contributed by atoms with van der Waals surface area (Å²) >= 11 is 0. The zero-order valence-corrected chi connectivity index (χ0v) is 19.1. The third kappa shape index (κ3) is 3.70. The van der Waals surface area contributed by atoms with Crippen LogP contribution in [-0.2, 0) is 19.1 Å². The van der Waals surface area contributed by atoms with Crippen LogP contribution < -0.4 is 0 Å². The largest absolute Gasteiger partial charge is 0.468 e. The summed E-state index contributed by atoms with van der Waals surface area (Å²) < 4.78 is 10.1. The van der Waals surface area contributed by atoms with E-state index in [1.807, 2.05) is 6.07 Å². The van der Waals surface area contributed by atoms with E-state index in [-0.39, 0.29) is 6.61 Å². The molecule has 6 atom stereocenters. The molecule has 2 aromatic rings. The van der Waals surface area contributed by atoms with Gasteiger partial charge in [-0.3, -0.25) is 19.7 Å². The summed E-state index contributed by atoms with van der Waals surface area (Å²) in [6.45, 7) is 2.68. The van der Waals surface area contributed by atoms with Gasteiger partial charge >= 0.3 is 11.9 Å². The van der Waals surface area contributed by atoms with Gasteiger partial charge in [-0.15, -0.1) is 0 Å². The van der Waals surface area contributed by atoms with Gasteiger partial charge in [0, 0.05) is 4.92 Å². The first-order valence-corrected chi connectivity index (χ1v) is 10.8. The smallest absolute Gasteiger partial charge is 0.330 e. The highest BCUT2D eigenvalue weighted by molar-refractivity contribution is 5.87. The van der Waals surface area contributed by atoms with Gasteiger partial charge in [0.15, 0.2) is 5.41 Å². The number of carbonyl (C=O) groups is 2. The van der Waals surface area contributed by atoms with E-state index in [0.717, 1.165) is 7.11 Å². The van der Waals surface area contributed by atoms with E-state index >= 15 is 0 Å². The molecule has 1 unspecified atom stereocenters. The SMILES string of the molecule is CCOC(=O)[C@@H]1[C@@H](c2ccccc2)[C@H]([N+](=O)[O-])[C@@H](c2ccccc2)C(C#N)(C(=O)OC)[C@]1(C)O. The molecule has 0 heterocycles. The number of hydrogen-bond donors (Lipinski definition) is 1. The number of nitriles is 1. The molecule has 1 saturated carbocycles. The van der Waals surface area contributed by atoms with E-state index < -0.39 is 51.7 Å². The fourth-order valence-electron chi connectivity index (χ4n) is 5.33. The quantitative estimate of drug-likeness (QED) is 0.389. The molecule has 34 heavy (non-hydrogen) atoms. The molecule has 0 saturated heterocycles. The lowest BCUT2D eigenvalue weighted by Crippen LogP contribution is -2.69. The van der Waals surface area contributed by atoms with Crippen LogP contribution in [0.1, 0.15) is 36.8 Å². The van der Waals surface area contributed by atoms with Gasteiger partial charge in [-0.25, -0.2) is 0 Å². The first-order valence-electron chi connectivity index (χ1n) is 10.8. The number of carbonyl (C=O) groups excluding carboxylic acids is 2. The number of esters is 2. The topological polar surface area (TPSA) is 140 Å². The van der Waals surface area contributed by atoms with Crippen molar-refractivity contribution in [1.82, 2.24) is 0 Å². The Morgan fingerprint density at radius 3 is 2.09 bits per heavy atom. The van der Waals surface area contributed by atoms with Gasteiger partial charge in [0.05, 0.1) is 31.6 Å². The zero-order valence-electron chi connectivity index (χ0n) is 19.1. The van der Waals surface area contributed by atoms with Crippen molar-refractivity contribution in [3.8, 4) is 6.07 Å². The van der Waals surface area contributed by atoms with E-state index in [1.165, 1.54) is 6.92 Å². The average molecular weight is 466 g/mol. The van der Waals surface area contributed by atoms with Gasteiger partial charge < -0.3 is 14.6 Å². The Morgan fingerprint density at radius 1 is 1.12 bits per heavy atom. The van der Waals surface area contributed by atoms with Crippen molar-refractivity contribution >= 4 is 11.9 Å². The normalized spacial score (nSPS) is 30.6. The maximum absolute atomic E-state index is 13.3. The Kier molecular flexibility index (Phi) is 7.03. The minimum atomic E-state index is -2.48. The van der Waals surface area contributed by atoms with Gasteiger partial charge in [0.2, 0.25) is 6.04 Å². The lowest BCUT2D eigenvalue weighted by Gasteiger charge is -2.53. The van der Waals surface area contributed by atoms with Crippen molar-refractivity contribution < 1.29 is 29.1 Å². The molecule has 1 N–H and O–H groups in total. The summed E-state index contributed by atoms with van der Waals surface area (Å²) in [6, 6.07) is 16.5. The molecule has 0 aliphatic heterocycles. The van der Waals surface area contributed by atoms with Crippen molar-refractivity contribution in [2.75, 3.05) is 13.7 Å². The van der Waals surface area contributed by atoms with Gasteiger partial charge in [-0.05, 0) is 25.0 Å². The maximum atomic E-state index is 13.3. The van der Waals surface area contributed by atoms with Crippen LogP contribution in [-0.4, -0.2) is 47.3 Å². The lowest BCUT2D eigenvalue weighted by molar-refractivity contribution is -0.541. The van der Waals surface area contributed by atoms with Crippen molar-refractivity contribution in [2.24, 2.45) is 11.3 Å². The highest BCUT2D eigenvalue weighted by Crippen LogP contribution is 2.60. The van der Waals surface area contributed by atoms with Crippen LogP contribution in [0.5, 0.6) is 0 Å². The molecular formula is C25H26N2O7. The van der Waals surface area contributed by atoms with Gasteiger partial charge in [0.1, 0.15) is 11.5 Å². The molecule has 2 aromatic carbocycles. The number of benzene rings is 2. The molecule has 9 nitrogen and oxygen atoms in total. The fraction of sp³-hybridized carbons (Fsp3) is 0.400. The number of nitrogens with zero attached hydrogens (tertiary/aromatic N) is 2. The second kappa shape index (κ2) is 9.61. The first-order chi connectivity index (χ1) is 16.2. The van der Waals surface area contributed by atoms with Crippen molar-refractivity contribution in [1.29, 1.82) is 5.26 Å². The van der Waals surface area contributed by atoms with E-state index in [4.69, 9.17) is 9.47 Å². The van der Waals surface area contributed by atoms with Crippen LogP contribution in [0, 0.1) is 32.8 Å². The third-order valence-corrected chi connectivity index (χ3v) is 6.75. The second-order valence-electron chi connectivity index (χ2n) is 8.39. The molecule has 0 radical (unpaired) electrons. The molecule has 0 spiro atoms. The number of hydrogen-bond acceptors (Lipinski definition) is 8. The standard InChI is InChI=1S/C25H26N2O7/c1-4-34-22(28)20-18(16-11-7-5-8-12-16)21(27(31)32)19(17-13-9-6-10-14-17)25(15-26,23(29)33-3)24(20,2)30/h5-14,18-21,30H,4H2,1-3H3/t18-,19-,20+,21+,24-,25?/m1/s1. The minimum absolute atomic E-state index is 0.0596. The van der Waals surface area contributed by atoms with Crippen LogP contribution in [0.4, 0.5) is 0 Å². The van der Waals surface area contributed by atoms with Crippen LogP contribution in [0.2, 0.25) is 0 Å². The molecule has 1 fully saturated rings. The maximum Gasteiger partial charge on any atom is 0.330 e. The minimum Gasteiger partial charge on any atom is -0.468 e. The molecule has 0 bridgehead atoms. The summed E-state index contributed by atoms with van der Waals surface area (Å²) in [5, 5.41) is 35.1. The summed E-state index contributed by atoms with van der Waals surface area (Å²) in [5.74, 6) is -6.36. The number of aliphatic hydroxyl groups is 1. The molecule has 1 aliphatic carbocycles. The van der Waals surface area contributed by atoms with Crippen molar-refractivity contribution in [2.45, 2.75) is 37.3 Å². The Balaban J connectivity index is 2.47. The fourth-order valence-corrected chi connectivity index (χ4v) is 5.33. The Hall–Kier alpha value is -3.77. The zero-order chi connectivity index (χ0) is 25.1. The molecule has 0 aromatic heterocycles. The van der Waals surface area contributed by atoms with E-state index in [2.05, 4.69) is 0 Å². The van der Waals surface area contributed by atoms with E-state index in [9.17, 15) is 30.1 Å². The summed E-state index contributed by atoms with van der Waals surface area (Å²) in [4.78, 5) is 38.6. The molecular weight excluding hydrogens is 440 g/mol. The second-order valence-corrected chi connectivity index (χ2v) is 8.39. The van der Waals surface area contributed by atoms with Crippen LogP contribution in [0.15, 0.2) is 60.7 Å². The Bertz CT molecular complexity index is 1100. The van der Waals surface area contributed by atoms with Crippen LogP contribution in [0.3, 0.4) is 0 Å². The molecule has 0 amide bonds. The van der Waals surface area contributed by atoms with Gasteiger partial charge in [0.25, 0.3) is 0 Å². The molecule has 3 rings (SSSR count). The van der Waals surface area contributed by atoms with E-state index in [0.29, 0.717) is 11.1 Å². The van der Waals surface area contributed by atoms with Crippen LogP contribution >= 0.6 is 0 Å². The number of rotatable bonds is 6. The molecule has 9 heteroatoms. The predicted octanol–water partition coefficient (Wildman–Crippen LogP) is 2.83. The Morgan fingerprint density at radius 2 is 1.65 bits per heavy atom. The van der Waals surface area contributed by atoms with Crippen molar-refractivity contribution in [3.05, 3.63) is 81.9 Å². The average Bonchev–Trinajstić information content (AvgIpc) is 2.83. The number of ether oxygens (including phenoxy) is 2. The van der Waals surface area contributed by atoms with Gasteiger partial charge in [-0.2, -0.15) is 5.26 Å².